The van der Waals surface area contributed by atoms with Gasteiger partial charge in [0.25, 0.3) is 0 Å². The summed E-state index contributed by atoms with van der Waals surface area (Å²) in [4.78, 5) is 15.6. The maximum Gasteiger partial charge on any atom is 0.225 e. The fourth-order valence-corrected chi connectivity index (χ4v) is 4.25. The van der Waals surface area contributed by atoms with Crippen LogP contribution in [0.15, 0.2) is 47.8 Å². The van der Waals surface area contributed by atoms with E-state index >= 15 is 0 Å². The molecule has 3 heterocycles. The molecule has 7 heteroatoms. The van der Waals surface area contributed by atoms with Crippen LogP contribution in [0.1, 0.15) is 17.7 Å². The van der Waals surface area contributed by atoms with Gasteiger partial charge in [-0.2, -0.15) is 5.10 Å². The molecule has 1 aliphatic heterocycles. The molecule has 1 fully saturated rings. The summed E-state index contributed by atoms with van der Waals surface area (Å²) in [5.41, 5.74) is 2.04. The van der Waals surface area contributed by atoms with Crippen LogP contribution in [0.3, 0.4) is 0 Å². The summed E-state index contributed by atoms with van der Waals surface area (Å²) in [5.74, 6) is 1.85. The Morgan fingerprint density at radius 3 is 2.96 bits per heavy atom. The van der Waals surface area contributed by atoms with Gasteiger partial charge in [-0.25, -0.2) is 0 Å². The van der Waals surface area contributed by atoms with E-state index in [0.717, 1.165) is 53.6 Å². The lowest BCUT2D eigenvalue weighted by Gasteiger charge is -2.33. The van der Waals surface area contributed by atoms with Gasteiger partial charge in [0.15, 0.2) is 5.82 Å². The van der Waals surface area contributed by atoms with E-state index in [1.807, 2.05) is 41.8 Å². The van der Waals surface area contributed by atoms with E-state index in [1.165, 1.54) is 0 Å². The van der Waals surface area contributed by atoms with Crippen molar-refractivity contribution in [2.24, 2.45) is 0 Å². The van der Waals surface area contributed by atoms with Gasteiger partial charge in [-0.15, -0.1) is 11.3 Å². The van der Waals surface area contributed by atoms with Crippen molar-refractivity contribution in [3.8, 4) is 17.0 Å². The number of thiophene rings is 1. The van der Waals surface area contributed by atoms with Gasteiger partial charge in [-0.1, -0.05) is 6.07 Å². The number of H-pyrrole nitrogens is 1. The van der Waals surface area contributed by atoms with Crippen LogP contribution in [-0.4, -0.2) is 42.3 Å². The molecule has 1 aliphatic rings. The van der Waals surface area contributed by atoms with Crippen molar-refractivity contribution < 1.29 is 9.53 Å². The number of rotatable bonds is 6. The first kappa shape index (κ1) is 18.6. The van der Waals surface area contributed by atoms with Crippen molar-refractivity contribution in [3.63, 3.8) is 0 Å². The summed E-state index contributed by atoms with van der Waals surface area (Å²) in [5, 5.41) is 12.8. The number of benzene rings is 1. The van der Waals surface area contributed by atoms with Crippen LogP contribution >= 0.6 is 11.3 Å². The first-order valence-electron chi connectivity index (χ1n) is 9.48. The van der Waals surface area contributed by atoms with Gasteiger partial charge in [0.2, 0.25) is 5.91 Å². The lowest BCUT2D eigenvalue weighted by molar-refractivity contribution is -0.121. The van der Waals surface area contributed by atoms with Crippen molar-refractivity contribution >= 4 is 23.1 Å². The number of nitrogens with zero attached hydrogens (tertiary/aromatic N) is 2. The van der Waals surface area contributed by atoms with E-state index in [2.05, 4.69) is 26.5 Å². The monoisotopic (exact) mass is 396 g/mol. The standard InChI is InChI=1S/C21H24N4O2S/c1-27-17-8-6-15(7-9-17)19-13-20(24-23-19)25-10-2-4-16(14-25)22-21(26)12-18-5-3-11-28-18/h3,5-9,11,13,16H,2,4,10,12,14H2,1H3,(H,22,26)(H,23,24)/t16-/m0/s1. The van der Waals surface area contributed by atoms with E-state index in [0.29, 0.717) is 6.42 Å². The number of methoxy groups -OCH3 is 1. The second-order valence-corrected chi connectivity index (χ2v) is 8.01. The van der Waals surface area contributed by atoms with Crippen LogP contribution in [0.4, 0.5) is 5.82 Å². The topological polar surface area (TPSA) is 70.2 Å². The zero-order chi connectivity index (χ0) is 19.3. The summed E-state index contributed by atoms with van der Waals surface area (Å²) in [6.45, 7) is 1.73. The zero-order valence-electron chi connectivity index (χ0n) is 15.9. The molecule has 2 aromatic heterocycles. The van der Waals surface area contributed by atoms with Gasteiger partial charge in [0.1, 0.15) is 5.75 Å². The summed E-state index contributed by atoms with van der Waals surface area (Å²) in [6, 6.07) is 14.1. The maximum absolute atomic E-state index is 12.3. The van der Waals surface area contributed by atoms with Crippen LogP contribution in [0, 0.1) is 0 Å². The number of nitrogens with one attached hydrogen (secondary N) is 2. The fraction of sp³-hybridized carbons (Fsp3) is 0.333. The quantitative estimate of drug-likeness (QED) is 0.669. The highest BCUT2D eigenvalue weighted by atomic mass is 32.1. The SMILES string of the molecule is COc1ccc(-c2cc(N3CCC[C@H](NC(=O)Cc4cccs4)C3)n[nH]2)cc1. The van der Waals surface area contributed by atoms with Gasteiger partial charge >= 0.3 is 0 Å². The summed E-state index contributed by atoms with van der Waals surface area (Å²) >= 11 is 1.62. The second-order valence-electron chi connectivity index (χ2n) is 6.98. The van der Waals surface area contributed by atoms with Crippen molar-refractivity contribution in [2.45, 2.75) is 25.3 Å². The number of piperidine rings is 1. The van der Waals surface area contributed by atoms with E-state index in [-0.39, 0.29) is 11.9 Å². The van der Waals surface area contributed by atoms with Crippen molar-refractivity contribution in [2.75, 3.05) is 25.1 Å². The molecule has 6 nitrogen and oxygen atoms in total. The molecule has 0 unspecified atom stereocenters. The molecular formula is C21H24N4O2S. The molecule has 3 aromatic rings. The molecule has 4 rings (SSSR count). The molecule has 0 saturated carbocycles. The summed E-state index contributed by atoms with van der Waals surface area (Å²) in [6.07, 6.45) is 2.50. The molecular weight excluding hydrogens is 372 g/mol. The number of aromatic amines is 1. The molecule has 2 N–H and O–H groups in total. The second kappa shape index (κ2) is 8.48. The third kappa shape index (κ3) is 4.36. The smallest absolute Gasteiger partial charge is 0.225 e. The Morgan fingerprint density at radius 2 is 2.21 bits per heavy atom. The van der Waals surface area contributed by atoms with Crippen molar-refractivity contribution in [3.05, 3.63) is 52.7 Å². The Morgan fingerprint density at radius 1 is 1.36 bits per heavy atom. The minimum atomic E-state index is 0.0928. The van der Waals surface area contributed by atoms with Crippen LogP contribution in [0.2, 0.25) is 0 Å². The molecule has 1 aromatic carbocycles. The van der Waals surface area contributed by atoms with E-state index in [1.54, 1.807) is 18.4 Å². The molecule has 146 valence electrons. The Bertz CT molecular complexity index is 905. The van der Waals surface area contributed by atoms with Gasteiger partial charge in [-0.05, 0) is 54.1 Å². The number of carbonyl (C=O) groups excluding carboxylic acids is 1. The predicted octanol–water partition coefficient (Wildman–Crippen LogP) is 3.47. The first-order chi connectivity index (χ1) is 13.7. The number of hydrogen-bond acceptors (Lipinski definition) is 5. The Labute approximate surface area is 168 Å². The highest BCUT2D eigenvalue weighted by molar-refractivity contribution is 7.10. The van der Waals surface area contributed by atoms with E-state index < -0.39 is 0 Å². The lowest BCUT2D eigenvalue weighted by atomic mass is 10.1. The van der Waals surface area contributed by atoms with Crippen LogP contribution < -0.4 is 15.0 Å². The number of anilines is 1. The molecule has 0 bridgehead atoms. The van der Waals surface area contributed by atoms with E-state index in [9.17, 15) is 4.79 Å². The number of aromatic nitrogens is 2. The van der Waals surface area contributed by atoms with Gasteiger partial charge in [0, 0.05) is 30.1 Å². The van der Waals surface area contributed by atoms with Gasteiger partial charge in [0.05, 0.1) is 19.2 Å². The molecule has 0 aliphatic carbocycles. The number of ether oxygens (including phenoxy) is 1. The molecule has 0 radical (unpaired) electrons. The third-order valence-corrected chi connectivity index (χ3v) is 5.87. The molecule has 1 saturated heterocycles. The minimum Gasteiger partial charge on any atom is -0.497 e. The van der Waals surface area contributed by atoms with Crippen molar-refractivity contribution in [1.29, 1.82) is 0 Å². The summed E-state index contributed by atoms with van der Waals surface area (Å²) in [7, 11) is 1.66. The van der Waals surface area contributed by atoms with Gasteiger partial charge < -0.3 is 15.0 Å². The normalized spacial score (nSPS) is 16.8. The Balaban J connectivity index is 1.37. The summed E-state index contributed by atoms with van der Waals surface area (Å²) < 4.78 is 5.21. The van der Waals surface area contributed by atoms with Crippen molar-refractivity contribution in [1.82, 2.24) is 15.5 Å². The average Bonchev–Trinajstić information content (AvgIpc) is 3.40. The molecule has 1 atom stereocenters. The van der Waals surface area contributed by atoms with Crippen LogP contribution in [0.25, 0.3) is 11.3 Å². The number of hydrogen-bond donors (Lipinski definition) is 2. The first-order valence-corrected chi connectivity index (χ1v) is 10.4. The fourth-order valence-electron chi connectivity index (χ4n) is 3.54. The minimum absolute atomic E-state index is 0.0928. The average molecular weight is 397 g/mol. The number of amides is 1. The zero-order valence-corrected chi connectivity index (χ0v) is 16.7. The van der Waals surface area contributed by atoms with Gasteiger partial charge in [-0.3, -0.25) is 9.89 Å². The predicted molar refractivity (Wildman–Crippen MR) is 112 cm³/mol. The Hall–Kier alpha value is -2.80. The van der Waals surface area contributed by atoms with Crippen LogP contribution in [0.5, 0.6) is 5.75 Å². The highest BCUT2D eigenvalue weighted by Crippen LogP contribution is 2.25. The Kier molecular flexibility index (Phi) is 5.62. The third-order valence-electron chi connectivity index (χ3n) is 4.99. The molecule has 28 heavy (non-hydrogen) atoms. The number of carbonyl (C=O) groups is 1. The maximum atomic E-state index is 12.3. The largest absolute Gasteiger partial charge is 0.497 e. The lowest BCUT2D eigenvalue weighted by Crippen LogP contribution is -2.48. The highest BCUT2D eigenvalue weighted by Gasteiger charge is 2.23. The molecule has 0 spiro atoms. The van der Waals surface area contributed by atoms with E-state index in [4.69, 9.17) is 4.74 Å². The molecule has 1 amide bonds. The van der Waals surface area contributed by atoms with Crippen LogP contribution in [-0.2, 0) is 11.2 Å².